The molecule has 3 aromatic rings. The van der Waals surface area contributed by atoms with Gasteiger partial charge in [0.1, 0.15) is 28.7 Å². The first-order chi connectivity index (χ1) is 16.1. The molecule has 0 bridgehead atoms. The number of methoxy groups -OCH3 is 3. The third-order valence-electron chi connectivity index (χ3n) is 5.60. The zero-order chi connectivity index (χ0) is 23.2. The molecule has 0 unspecified atom stereocenters. The molecule has 1 aliphatic rings. The van der Waals surface area contributed by atoms with Crippen molar-refractivity contribution in [2.45, 2.75) is 18.9 Å². The highest BCUT2D eigenvalue weighted by atomic mass is 16.5. The fraction of sp³-hybridized carbons (Fsp3) is 0.280. The predicted octanol–water partition coefficient (Wildman–Crippen LogP) is 5.27. The lowest BCUT2D eigenvalue weighted by molar-refractivity contribution is 0.206. The first-order valence-corrected chi connectivity index (χ1v) is 10.7. The Bertz CT molecular complexity index is 1100. The second-order valence-electron chi connectivity index (χ2n) is 7.52. The van der Waals surface area contributed by atoms with E-state index in [4.69, 9.17) is 18.9 Å². The van der Waals surface area contributed by atoms with E-state index in [1.807, 2.05) is 23.1 Å². The van der Waals surface area contributed by atoms with E-state index in [-0.39, 0.29) is 12.1 Å². The van der Waals surface area contributed by atoms with Gasteiger partial charge in [0.25, 0.3) is 0 Å². The van der Waals surface area contributed by atoms with Gasteiger partial charge in [-0.05, 0) is 61.4 Å². The van der Waals surface area contributed by atoms with E-state index in [1.165, 1.54) is 0 Å². The lowest BCUT2D eigenvalue weighted by Gasteiger charge is -2.27. The zero-order valence-corrected chi connectivity index (χ0v) is 18.9. The van der Waals surface area contributed by atoms with Gasteiger partial charge >= 0.3 is 6.03 Å². The molecule has 33 heavy (non-hydrogen) atoms. The summed E-state index contributed by atoms with van der Waals surface area (Å²) in [6.07, 6.45) is 3.36. The molecule has 2 aromatic carbocycles. The van der Waals surface area contributed by atoms with Crippen molar-refractivity contribution in [3.05, 3.63) is 66.4 Å². The molecule has 0 saturated carbocycles. The van der Waals surface area contributed by atoms with Crippen LogP contribution in [0.1, 0.15) is 24.4 Å². The number of nitrogens with one attached hydrogen (secondary N) is 1. The number of rotatable bonds is 7. The summed E-state index contributed by atoms with van der Waals surface area (Å²) in [6, 6.07) is 16.0. The van der Waals surface area contributed by atoms with Crippen LogP contribution in [0, 0.1) is 0 Å². The van der Waals surface area contributed by atoms with Gasteiger partial charge in [-0.1, -0.05) is 0 Å². The fourth-order valence-corrected chi connectivity index (χ4v) is 3.94. The monoisotopic (exact) mass is 449 g/mol. The van der Waals surface area contributed by atoms with Gasteiger partial charge in [0, 0.05) is 24.4 Å². The summed E-state index contributed by atoms with van der Waals surface area (Å²) in [5, 5.41) is 2.96. The predicted molar refractivity (Wildman–Crippen MR) is 125 cm³/mol. The summed E-state index contributed by atoms with van der Waals surface area (Å²) in [5.41, 5.74) is 1.44. The highest BCUT2D eigenvalue weighted by Crippen LogP contribution is 2.39. The maximum atomic E-state index is 13.3. The van der Waals surface area contributed by atoms with Crippen molar-refractivity contribution in [1.29, 1.82) is 0 Å². The van der Waals surface area contributed by atoms with Gasteiger partial charge in [-0.15, -0.1) is 0 Å². The highest BCUT2D eigenvalue weighted by molar-refractivity contribution is 5.91. The molecule has 172 valence electrons. The van der Waals surface area contributed by atoms with Crippen molar-refractivity contribution in [3.8, 4) is 28.9 Å². The topological polar surface area (TPSA) is 82.2 Å². The number of amides is 2. The molecule has 1 saturated heterocycles. The number of likely N-dealkylation sites (tertiary alicyclic amines) is 1. The maximum Gasteiger partial charge on any atom is 0.322 e. The highest BCUT2D eigenvalue weighted by Gasteiger charge is 2.32. The standard InChI is InChI=1S/C25H27N3O5/c1-30-17-8-10-18(11-9-17)33-24-21(6-4-14-26-24)27-25(29)28-15-5-7-22(28)20-13-12-19(31-2)16-23(20)32-3/h4,6,8-14,16,22H,5,7,15H2,1-3H3,(H,27,29)/t22-/m0/s1. The Morgan fingerprint density at radius 1 is 0.970 bits per heavy atom. The van der Waals surface area contributed by atoms with Crippen LogP contribution in [0.15, 0.2) is 60.8 Å². The molecular formula is C25H27N3O5. The number of anilines is 1. The Hall–Kier alpha value is -3.94. The first kappa shape index (κ1) is 22.3. The number of pyridine rings is 1. The lowest BCUT2D eigenvalue weighted by Crippen LogP contribution is -2.34. The van der Waals surface area contributed by atoms with Crippen LogP contribution in [0.4, 0.5) is 10.5 Å². The van der Waals surface area contributed by atoms with Crippen LogP contribution in [0.25, 0.3) is 0 Å². The van der Waals surface area contributed by atoms with Crippen molar-refractivity contribution in [3.63, 3.8) is 0 Å². The molecule has 1 atom stereocenters. The molecule has 0 aliphatic carbocycles. The average Bonchev–Trinajstić information content (AvgIpc) is 3.35. The van der Waals surface area contributed by atoms with E-state index in [0.717, 1.165) is 24.2 Å². The Labute approximate surface area is 193 Å². The minimum Gasteiger partial charge on any atom is -0.497 e. The number of carbonyl (C=O) groups is 1. The largest absolute Gasteiger partial charge is 0.497 e. The van der Waals surface area contributed by atoms with Gasteiger partial charge in [-0.3, -0.25) is 0 Å². The van der Waals surface area contributed by atoms with Crippen molar-refractivity contribution in [2.75, 3.05) is 33.2 Å². The number of aromatic nitrogens is 1. The van der Waals surface area contributed by atoms with Crippen LogP contribution in [0.3, 0.4) is 0 Å². The van der Waals surface area contributed by atoms with E-state index >= 15 is 0 Å². The van der Waals surface area contributed by atoms with Gasteiger partial charge in [-0.2, -0.15) is 0 Å². The average molecular weight is 450 g/mol. The molecule has 2 amide bonds. The molecule has 1 aliphatic heterocycles. The number of benzene rings is 2. The quantitative estimate of drug-likeness (QED) is 0.529. The summed E-state index contributed by atoms with van der Waals surface area (Å²) < 4.78 is 22.0. The van der Waals surface area contributed by atoms with Crippen molar-refractivity contribution in [2.24, 2.45) is 0 Å². The molecule has 2 heterocycles. The van der Waals surface area contributed by atoms with Crippen LogP contribution in [-0.2, 0) is 0 Å². The second-order valence-corrected chi connectivity index (χ2v) is 7.52. The number of nitrogens with zero attached hydrogens (tertiary/aromatic N) is 2. The normalized spacial score (nSPS) is 15.1. The maximum absolute atomic E-state index is 13.3. The molecular weight excluding hydrogens is 422 g/mol. The summed E-state index contributed by atoms with van der Waals surface area (Å²) >= 11 is 0. The van der Waals surface area contributed by atoms with Gasteiger partial charge < -0.3 is 29.2 Å². The second kappa shape index (κ2) is 10.1. The number of ether oxygens (including phenoxy) is 4. The van der Waals surface area contributed by atoms with E-state index in [1.54, 1.807) is 63.9 Å². The van der Waals surface area contributed by atoms with E-state index in [0.29, 0.717) is 35.4 Å². The fourth-order valence-electron chi connectivity index (χ4n) is 3.94. The molecule has 1 N–H and O–H groups in total. The Balaban J connectivity index is 1.52. The van der Waals surface area contributed by atoms with E-state index in [2.05, 4.69) is 10.3 Å². The minimum absolute atomic E-state index is 0.103. The van der Waals surface area contributed by atoms with Crippen molar-refractivity contribution >= 4 is 11.7 Å². The SMILES string of the molecule is COc1ccc(Oc2ncccc2NC(=O)N2CCC[C@H]2c2ccc(OC)cc2OC)cc1. The molecule has 1 aromatic heterocycles. The number of hydrogen-bond acceptors (Lipinski definition) is 6. The summed E-state index contributed by atoms with van der Waals surface area (Å²) in [5.74, 6) is 3.04. The van der Waals surface area contributed by atoms with Gasteiger partial charge in [0.05, 0.1) is 27.4 Å². The van der Waals surface area contributed by atoms with Crippen LogP contribution in [0.2, 0.25) is 0 Å². The molecule has 8 nitrogen and oxygen atoms in total. The Morgan fingerprint density at radius 3 is 2.42 bits per heavy atom. The molecule has 1 fully saturated rings. The first-order valence-electron chi connectivity index (χ1n) is 10.7. The number of carbonyl (C=O) groups excluding carboxylic acids is 1. The lowest BCUT2D eigenvalue weighted by atomic mass is 10.0. The summed E-state index contributed by atoms with van der Waals surface area (Å²) in [7, 11) is 4.84. The molecule has 0 radical (unpaired) electrons. The summed E-state index contributed by atoms with van der Waals surface area (Å²) in [6.45, 7) is 0.639. The van der Waals surface area contributed by atoms with E-state index < -0.39 is 0 Å². The van der Waals surface area contributed by atoms with Gasteiger partial charge in [-0.25, -0.2) is 9.78 Å². The molecule has 0 spiro atoms. The van der Waals surface area contributed by atoms with Gasteiger partial charge in [0.15, 0.2) is 0 Å². The van der Waals surface area contributed by atoms with E-state index in [9.17, 15) is 4.79 Å². The van der Waals surface area contributed by atoms with Crippen molar-refractivity contribution < 1.29 is 23.7 Å². The number of urea groups is 1. The third kappa shape index (κ3) is 4.95. The Kier molecular flexibility index (Phi) is 6.83. The van der Waals surface area contributed by atoms with Crippen molar-refractivity contribution in [1.82, 2.24) is 9.88 Å². The number of hydrogen-bond donors (Lipinski definition) is 1. The van der Waals surface area contributed by atoms with Crippen LogP contribution >= 0.6 is 0 Å². The van der Waals surface area contributed by atoms with Crippen LogP contribution in [0.5, 0.6) is 28.9 Å². The zero-order valence-electron chi connectivity index (χ0n) is 18.9. The van der Waals surface area contributed by atoms with Crippen LogP contribution < -0.4 is 24.3 Å². The Morgan fingerprint density at radius 2 is 1.70 bits per heavy atom. The summed E-state index contributed by atoms with van der Waals surface area (Å²) in [4.78, 5) is 19.4. The third-order valence-corrected chi connectivity index (χ3v) is 5.60. The molecule has 4 rings (SSSR count). The molecule has 8 heteroatoms. The van der Waals surface area contributed by atoms with Crippen LogP contribution in [-0.4, -0.2) is 43.8 Å². The smallest absolute Gasteiger partial charge is 0.322 e. The minimum atomic E-state index is -0.219. The van der Waals surface area contributed by atoms with Gasteiger partial charge in [0.2, 0.25) is 5.88 Å².